The summed E-state index contributed by atoms with van der Waals surface area (Å²) in [5.74, 6) is -0.134. The lowest BCUT2D eigenvalue weighted by Crippen LogP contribution is -2.24. The number of carbonyl (C=O) groups excluding carboxylic acids is 1. The Bertz CT molecular complexity index is 383. The van der Waals surface area contributed by atoms with Crippen molar-refractivity contribution in [2.45, 2.75) is 12.8 Å². The van der Waals surface area contributed by atoms with Crippen LogP contribution in [0.2, 0.25) is 5.02 Å². The van der Waals surface area contributed by atoms with E-state index < -0.39 is 0 Å². The summed E-state index contributed by atoms with van der Waals surface area (Å²) < 4.78 is 4.92. The Hall–Kier alpha value is -1.26. The number of amides is 1. The summed E-state index contributed by atoms with van der Waals surface area (Å²) in [6.45, 7) is 1.34. The third-order valence-electron chi connectivity index (χ3n) is 2.32. The minimum atomic E-state index is -0.134. The van der Waals surface area contributed by atoms with Gasteiger partial charge in [0.25, 0.3) is 5.91 Å². The molecule has 0 heterocycles. The molecule has 0 bridgehead atoms. The SMILES string of the molecule is COCCCCNC(=O)c1ccc(Cl)c(N)c1. The summed E-state index contributed by atoms with van der Waals surface area (Å²) in [6, 6.07) is 4.85. The third kappa shape index (κ3) is 4.63. The van der Waals surface area contributed by atoms with Gasteiger partial charge >= 0.3 is 0 Å². The van der Waals surface area contributed by atoms with E-state index in [9.17, 15) is 4.79 Å². The van der Waals surface area contributed by atoms with Crippen molar-refractivity contribution in [3.05, 3.63) is 28.8 Å². The van der Waals surface area contributed by atoms with Gasteiger partial charge in [-0.25, -0.2) is 0 Å². The van der Waals surface area contributed by atoms with Crippen molar-refractivity contribution < 1.29 is 9.53 Å². The van der Waals surface area contributed by atoms with Crippen LogP contribution in [-0.2, 0) is 4.74 Å². The van der Waals surface area contributed by atoms with E-state index in [2.05, 4.69) is 5.32 Å². The zero-order chi connectivity index (χ0) is 12.7. The monoisotopic (exact) mass is 256 g/mol. The van der Waals surface area contributed by atoms with Crippen LogP contribution in [0, 0.1) is 0 Å². The molecule has 17 heavy (non-hydrogen) atoms. The fraction of sp³-hybridized carbons (Fsp3) is 0.417. The van der Waals surface area contributed by atoms with Crippen LogP contribution in [0.15, 0.2) is 18.2 Å². The largest absolute Gasteiger partial charge is 0.398 e. The number of methoxy groups -OCH3 is 1. The summed E-state index contributed by atoms with van der Waals surface area (Å²) in [4.78, 5) is 11.7. The zero-order valence-corrected chi connectivity index (χ0v) is 10.6. The summed E-state index contributed by atoms with van der Waals surface area (Å²) >= 11 is 5.78. The normalized spacial score (nSPS) is 10.2. The molecule has 0 radical (unpaired) electrons. The van der Waals surface area contributed by atoms with Gasteiger partial charge in [-0.1, -0.05) is 11.6 Å². The number of halogens is 1. The molecule has 0 unspecified atom stereocenters. The van der Waals surface area contributed by atoms with Crippen molar-refractivity contribution in [1.29, 1.82) is 0 Å². The third-order valence-corrected chi connectivity index (χ3v) is 2.66. The molecule has 0 saturated heterocycles. The first kappa shape index (κ1) is 13.8. The Morgan fingerprint density at radius 2 is 2.24 bits per heavy atom. The number of nitrogen functional groups attached to an aromatic ring is 1. The van der Waals surface area contributed by atoms with Crippen LogP contribution < -0.4 is 11.1 Å². The molecule has 1 amide bonds. The molecular weight excluding hydrogens is 240 g/mol. The van der Waals surface area contributed by atoms with Gasteiger partial charge < -0.3 is 15.8 Å². The highest BCUT2D eigenvalue weighted by molar-refractivity contribution is 6.33. The molecule has 1 rings (SSSR count). The van der Waals surface area contributed by atoms with Gasteiger partial charge in [-0.2, -0.15) is 0 Å². The van der Waals surface area contributed by atoms with Gasteiger partial charge in [0.1, 0.15) is 0 Å². The van der Waals surface area contributed by atoms with Gasteiger partial charge in [-0.15, -0.1) is 0 Å². The molecule has 0 aliphatic carbocycles. The molecular formula is C12H17ClN2O2. The van der Waals surface area contributed by atoms with Gasteiger partial charge in [0.2, 0.25) is 0 Å². The molecule has 4 nitrogen and oxygen atoms in total. The minimum Gasteiger partial charge on any atom is -0.398 e. The maximum Gasteiger partial charge on any atom is 0.251 e. The number of anilines is 1. The number of ether oxygens (including phenoxy) is 1. The van der Waals surface area contributed by atoms with Crippen LogP contribution >= 0.6 is 11.6 Å². The van der Waals surface area contributed by atoms with Crippen LogP contribution in [0.3, 0.4) is 0 Å². The fourth-order valence-electron chi connectivity index (χ4n) is 1.36. The van der Waals surface area contributed by atoms with Gasteiger partial charge in [-0.05, 0) is 31.0 Å². The Labute approximate surface area is 106 Å². The van der Waals surface area contributed by atoms with Gasteiger partial charge in [-0.3, -0.25) is 4.79 Å². The quantitative estimate of drug-likeness (QED) is 0.605. The maximum absolute atomic E-state index is 11.7. The van der Waals surface area contributed by atoms with E-state index in [4.69, 9.17) is 22.1 Å². The van der Waals surface area contributed by atoms with E-state index in [0.717, 1.165) is 12.8 Å². The summed E-state index contributed by atoms with van der Waals surface area (Å²) in [7, 11) is 1.66. The van der Waals surface area contributed by atoms with E-state index in [-0.39, 0.29) is 5.91 Å². The molecule has 0 spiro atoms. The predicted molar refractivity (Wildman–Crippen MR) is 69.3 cm³/mol. The molecule has 1 aromatic rings. The molecule has 0 aliphatic heterocycles. The van der Waals surface area contributed by atoms with Crippen molar-refractivity contribution >= 4 is 23.2 Å². The van der Waals surface area contributed by atoms with Gasteiger partial charge in [0.05, 0.1) is 10.7 Å². The first-order valence-corrected chi connectivity index (χ1v) is 5.85. The number of unbranched alkanes of at least 4 members (excludes halogenated alkanes) is 1. The average Bonchev–Trinajstić information content (AvgIpc) is 2.32. The summed E-state index contributed by atoms with van der Waals surface area (Å²) in [5.41, 5.74) is 6.57. The Kier molecular flexibility index (Phi) is 5.80. The number of carbonyl (C=O) groups is 1. The number of hydrogen-bond donors (Lipinski definition) is 2. The Balaban J connectivity index is 2.39. The highest BCUT2D eigenvalue weighted by Gasteiger charge is 2.06. The second kappa shape index (κ2) is 7.14. The first-order valence-electron chi connectivity index (χ1n) is 5.47. The molecule has 0 fully saturated rings. The number of nitrogens with one attached hydrogen (secondary N) is 1. The molecule has 5 heteroatoms. The molecule has 0 saturated carbocycles. The highest BCUT2D eigenvalue weighted by Crippen LogP contribution is 2.19. The topological polar surface area (TPSA) is 64.3 Å². The number of nitrogens with two attached hydrogens (primary N) is 1. The average molecular weight is 257 g/mol. The van der Waals surface area contributed by atoms with E-state index in [0.29, 0.717) is 29.4 Å². The minimum absolute atomic E-state index is 0.134. The van der Waals surface area contributed by atoms with Crippen molar-refractivity contribution in [2.75, 3.05) is 26.0 Å². The molecule has 0 aromatic heterocycles. The predicted octanol–water partition coefficient (Wildman–Crippen LogP) is 2.08. The number of benzene rings is 1. The van der Waals surface area contributed by atoms with Crippen LogP contribution in [-0.4, -0.2) is 26.2 Å². The van der Waals surface area contributed by atoms with E-state index in [1.165, 1.54) is 0 Å². The van der Waals surface area contributed by atoms with Crippen molar-refractivity contribution in [3.8, 4) is 0 Å². The molecule has 0 aliphatic rings. The van der Waals surface area contributed by atoms with Crippen molar-refractivity contribution in [2.24, 2.45) is 0 Å². The van der Waals surface area contributed by atoms with Crippen LogP contribution in [0.4, 0.5) is 5.69 Å². The second-order valence-electron chi connectivity index (χ2n) is 3.69. The zero-order valence-electron chi connectivity index (χ0n) is 9.83. The standard InChI is InChI=1S/C12H17ClN2O2/c1-17-7-3-2-6-15-12(16)9-4-5-10(13)11(14)8-9/h4-5,8H,2-3,6-7,14H2,1H3,(H,15,16). The smallest absolute Gasteiger partial charge is 0.251 e. The Morgan fingerprint density at radius 3 is 2.88 bits per heavy atom. The first-order chi connectivity index (χ1) is 8.15. The lowest BCUT2D eigenvalue weighted by molar-refractivity contribution is 0.0951. The Morgan fingerprint density at radius 1 is 1.47 bits per heavy atom. The molecule has 94 valence electrons. The van der Waals surface area contributed by atoms with Crippen LogP contribution in [0.1, 0.15) is 23.2 Å². The summed E-state index contributed by atoms with van der Waals surface area (Å²) in [6.07, 6.45) is 1.82. The van der Waals surface area contributed by atoms with E-state index in [1.807, 2.05) is 0 Å². The number of hydrogen-bond acceptors (Lipinski definition) is 3. The number of rotatable bonds is 6. The maximum atomic E-state index is 11.7. The molecule has 0 atom stereocenters. The molecule has 1 aromatic carbocycles. The molecule has 3 N–H and O–H groups in total. The van der Waals surface area contributed by atoms with Crippen molar-refractivity contribution in [3.63, 3.8) is 0 Å². The van der Waals surface area contributed by atoms with Gasteiger partial charge in [0, 0.05) is 25.8 Å². The van der Waals surface area contributed by atoms with Crippen molar-refractivity contribution in [1.82, 2.24) is 5.32 Å². The van der Waals surface area contributed by atoms with E-state index >= 15 is 0 Å². The summed E-state index contributed by atoms with van der Waals surface area (Å²) in [5, 5.41) is 3.27. The van der Waals surface area contributed by atoms with Crippen LogP contribution in [0.25, 0.3) is 0 Å². The highest BCUT2D eigenvalue weighted by atomic mass is 35.5. The van der Waals surface area contributed by atoms with Crippen LogP contribution in [0.5, 0.6) is 0 Å². The second-order valence-corrected chi connectivity index (χ2v) is 4.10. The van der Waals surface area contributed by atoms with E-state index in [1.54, 1.807) is 25.3 Å². The van der Waals surface area contributed by atoms with Gasteiger partial charge in [0.15, 0.2) is 0 Å². The fourth-order valence-corrected chi connectivity index (χ4v) is 1.48. The lowest BCUT2D eigenvalue weighted by Gasteiger charge is -2.06. The lowest BCUT2D eigenvalue weighted by atomic mass is 10.2.